The maximum absolute atomic E-state index is 13.0. The standard InChI is InChI=1S/C23H23ClFN3O2/c24-18-2-1-3-21(13-18)30-11-9-20-14-22(27-26-20)17-8-10-28(15-17)23(29)12-16-4-6-19(25)7-5-16/h1-7,13-14,17H,8-12,15H2,(H,26,27). The molecule has 0 radical (unpaired) electrons. The molecule has 0 bridgehead atoms. The van der Waals surface area contributed by atoms with Gasteiger partial charge in [-0.15, -0.1) is 0 Å². The quantitative estimate of drug-likeness (QED) is 0.608. The number of rotatable bonds is 7. The van der Waals surface area contributed by atoms with Crippen molar-refractivity contribution in [1.29, 1.82) is 0 Å². The van der Waals surface area contributed by atoms with Crippen molar-refractivity contribution in [2.45, 2.75) is 25.2 Å². The Labute approximate surface area is 179 Å². The normalized spacial score (nSPS) is 16.1. The number of ether oxygens (including phenoxy) is 1. The molecule has 1 fully saturated rings. The van der Waals surface area contributed by atoms with Crippen LogP contribution in [0.2, 0.25) is 5.02 Å². The van der Waals surface area contributed by atoms with Crippen molar-refractivity contribution in [3.8, 4) is 5.75 Å². The molecule has 30 heavy (non-hydrogen) atoms. The van der Waals surface area contributed by atoms with Crippen LogP contribution in [0.1, 0.15) is 29.3 Å². The molecule has 0 spiro atoms. The number of nitrogens with zero attached hydrogens (tertiary/aromatic N) is 2. The first kappa shape index (κ1) is 20.4. The summed E-state index contributed by atoms with van der Waals surface area (Å²) in [6.07, 6.45) is 1.89. The average Bonchev–Trinajstić information content (AvgIpc) is 3.39. The van der Waals surface area contributed by atoms with Gasteiger partial charge in [0.2, 0.25) is 5.91 Å². The molecule has 0 aliphatic carbocycles. The van der Waals surface area contributed by atoms with Crippen molar-refractivity contribution in [3.63, 3.8) is 0 Å². The number of amides is 1. The van der Waals surface area contributed by atoms with E-state index < -0.39 is 0 Å². The van der Waals surface area contributed by atoms with Crippen LogP contribution >= 0.6 is 11.6 Å². The Balaban J connectivity index is 1.26. The topological polar surface area (TPSA) is 58.2 Å². The zero-order chi connectivity index (χ0) is 20.9. The van der Waals surface area contributed by atoms with Crippen LogP contribution in [0.25, 0.3) is 0 Å². The van der Waals surface area contributed by atoms with E-state index in [0.717, 1.165) is 29.1 Å². The summed E-state index contributed by atoms with van der Waals surface area (Å²) in [6, 6.07) is 15.5. The second-order valence-corrected chi connectivity index (χ2v) is 7.94. The van der Waals surface area contributed by atoms with Crippen LogP contribution in [0.3, 0.4) is 0 Å². The minimum absolute atomic E-state index is 0.0646. The van der Waals surface area contributed by atoms with Crippen LogP contribution in [0, 0.1) is 5.82 Å². The monoisotopic (exact) mass is 427 g/mol. The van der Waals surface area contributed by atoms with Gasteiger partial charge in [-0.2, -0.15) is 5.10 Å². The zero-order valence-electron chi connectivity index (χ0n) is 16.5. The number of hydrogen-bond donors (Lipinski definition) is 1. The Bertz CT molecular complexity index is 1010. The van der Waals surface area contributed by atoms with Gasteiger partial charge in [0.1, 0.15) is 11.6 Å². The Morgan fingerprint density at radius 1 is 1.23 bits per heavy atom. The fourth-order valence-corrected chi connectivity index (χ4v) is 3.85. The fraction of sp³-hybridized carbons (Fsp3) is 0.304. The van der Waals surface area contributed by atoms with Crippen LogP contribution < -0.4 is 4.74 Å². The predicted octanol–water partition coefficient (Wildman–Crippen LogP) is 4.38. The first-order chi connectivity index (χ1) is 14.6. The van der Waals surface area contributed by atoms with E-state index in [1.54, 1.807) is 18.2 Å². The lowest BCUT2D eigenvalue weighted by molar-refractivity contribution is -0.129. The Morgan fingerprint density at radius 3 is 2.87 bits per heavy atom. The lowest BCUT2D eigenvalue weighted by atomic mass is 10.0. The molecular formula is C23H23ClFN3O2. The Kier molecular flexibility index (Phi) is 6.33. The summed E-state index contributed by atoms with van der Waals surface area (Å²) in [5.74, 6) is 0.740. The molecular weight excluding hydrogens is 405 g/mol. The van der Waals surface area contributed by atoms with Crippen LogP contribution in [0.15, 0.2) is 54.6 Å². The first-order valence-electron chi connectivity index (χ1n) is 10.0. The van der Waals surface area contributed by atoms with Crippen LogP contribution in [0.4, 0.5) is 4.39 Å². The van der Waals surface area contributed by atoms with Crippen molar-refractivity contribution in [2.75, 3.05) is 19.7 Å². The van der Waals surface area contributed by atoms with Crippen LogP contribution in [-0.4, -0.2) is 40.7 Å². The van der Waals surface area contributed by atoms with Gasteiger partial charge in [0.15, 0.2) is 0 Å². The van der Waals surface area contributed by atoms with E-state index in [-0.39, 0.29) is 17.6 Å². The molecule has 156 valence electrons. The molecule has 7 heteroatoms. The minimum Gasteiger partial charge on any atom is -0.493 e. The fourth-order valence-electron chi connectivity index (χ4n) is 3.67. The van der Waals surface area contributed by atoms with Crippen molar-refractivity contribution >= 4 is 17.5 Å². The second-order valence-electron chi connectivity index (χ2n) is 7.50. The lowest BCUT2D eigenvalue weighted by Gasteiger charge is -2.16. The molecule has 1 atom stereocenters. The van der Waals surface area contributed by atoms with Crippen molar-refractivity contribution < 1.29 is 13.9 Å². The number of likely N-dealkylation sites (tertiary alicyclic amines) is 1. The highest BCUT2D eigenvalue weighted by molar-refractivity contribution is 6.30. The predicted molar refractivity (Wildman–Crippen MR) is 113 cm³/mol. The third kappa shape index (κ3) is 5.19. The number of aromatic nitrogens is 2. The molecule has 0 saturated carbocycles. The number of carbonyl (C=O) groups excluding carboxylic acids is 1. The van der Waals surface area contributed by atoms with Gasteiger partial charge in [-0.1, -0.05) is 29.8 Å². The van der Waals surface area contributed by atoms with Crippen LogP contribution in [0.5, 0.6) is 5.75 Å². The summed E-state index contributed by atoms with van der Waals surface area (Å²) in [5.41, 5.74) is 2.81. The van der Waals surface area contributed by atoms with Gasteiger partial charge in [-0.3, -0.25) is 9.89 Å². The summed E-state index contributed by atoms with van der Waals surface area (Å²) < 4.78 is 18.8. The number of H-pyrrole nitrogens is 1. The number of benzene rings is 2. The molecule has 1 aromatic heterocycles. The molecule has 1 saturated heterocycles. The molecule has 1 aliphatic heterocycles. The Morgan fingerprint density at radius 2 is 2.07 bits per heavy atom. The van der Waals surface area contributed by atoms with Gasteiger partial charge in [0.05, 0.1) is 18.7 Å². The number of aromatic amines is 1. The van der Waals surface area contributed by atoms with E-state index in [1.807, 2.05) is 23.1 Å². The number of hydrogen-bond acceptors (Lipinski definition) is 3. The van der Waals surface area contributed by atoms with E-state index >= 15 is 0 Å². The minimum atomic E-state index is -0.292. The zero-order valence-corrected chi connectivity index (χ0v) is 17.2. The van der Waals surface area contributed by atoms with Gasteiger partial charge in [0, 0.05) is 36.1 Å². The summed E-state index contributed by atoms with van der Waals surface area (Å²) in [5, 5.41) is 8.17. The number of carbonyl (C=O) groups is 1. The molecule has 5 nitrogen and oxygen atoms in total. The highest BCUT2D eigenvalue weighted by atomic mass is 35.5. The van der Waals surface area contributed by atoms with E-state index in [9.17, 15) is 9.18 Å². The highest BCUT2D eigenvalue weighted by Crippen LogP contribution is 2.27. The maximum Gasteiger partial charge on any atom is 0.227 e. The van der Waals surface area contributed by atoms with Crippen LogP contribution in [-0.2, 0) is 17.6 Å². The SMILES string of the molecule is O=C(Cc1ccc(F)cc1)N1CCC(c2cc(CCOc3cccc(Cl)c3)[nH]n2)C1. The van der Waals surface area contributed by atoms with Gasteiger partial charge in [-0.25, -0.2) is 4.39 Å². The molecule has 2 aromatic carbocycles. The van der Waals surface area contributed by atoms with E-state index in [2.05, 4.69) is 16.3 Å². The summed E-state index contributed by atoms with van der Waals surface area (Å²) in [4.78, 5) is 14.4. The molecule has 1 aliphatic rings. The van der Waals surface area contributed by atoms with Crippen molar-refractivity contribution in [2.24, 2.45) is 0 Å². The summed E-state index contributed by atoms with van der Waals surface area (Å²) in [6.45, 7) is 1.89. The van der Waals surface area contributed by atoms with Gasteiger partial charge in [-0.05, 0) is 48.4 Å². The van der Waals surface area contributed by atoms with Crippen molar-refractivity contribution in [1.82, 2.24) is 15.1 Å². The molecule has 3 aromatic rings. The average molecular weight is 428 g/mol. The van der Waals surface area contributed by atoms with E-state index in [4.69, 9.17) is 16.3 Å². The summed E-state index contributed by atoms with van der Waals surface area (Å²) in [7, 11) is 0. The largest absolute Gasteiger partial charge is 0.493 e. The van der Waals surface area contributed by atoms with E-state index in [0.29, 0.717) is 37.6 Å². The van der Waals surface area contributed by atoms with Crippen molar-refractivity contribution in [3.05, 3.63) is 82.4 Å². The van der Waals surface area contributed by atoms with Gasteiger partial charge in [0.25, 0.3) is 0 Å². The highest BCUT2D eigenvalue weighted by Gasteiger charge is 2.28. The third-order valence-electron chi connectivity index (χ3n) is 5.31. The first-order valence-corrected chi connectivity index (χ1v) is 10.4. The number of halogens is 2. The van der Waals surface area contributed by atoms with E-state index in [1.165, 1.54) is 12.1 Å². The maximum atomic E-state index is 13.0. The molecule has 1 unspecified atom stereocenters. The third-order valence-corrected chi connectivity index (χ3v) is 5.55. The molecule has 1 amide bonds. The Hall–Kier alpha value is -2.86. The molecule has 4 rings (SSSR count). The smallest absolute Gasteiger partial charge is 0.227 e. The van der Waals surface area contributed by atoms with Gasteiger partial charge >= 0.3 is 0 Å². The molecule has 1 N–H and O–H groups in total. The summed E-state index contributed by atoms with van der Waals surface area (Å²) >= 11 is 5.96. The molecule has 2 heterocycles. The second kappa shape index (κ2) is 9.30. The van der Waals surface area contributed by atoms with Gasteiger partial charge < -0.3 is 9.64 Å². The number of nitrogens with one attached hydrogen (secondary N) is 1. The lowest BCUT2D eigenvalue weighted by Crippen LogP contribution is -2.29.